The molecule has 12 heavy (non-hydrogen) atoms. The number of carbonyl (C=O) groups is 1. The highest BCUT2D eigenvalue weighted by Gasteiger charge is 2.02. The van der Waals surface area contributed by atoms with E-state index in [9.17, 15) is 4.79 Å². The smallest absolute Gasteiger partial charge is 0.267 e. The van der Waals surface area contributed by atoms with Gasteiger partial charge in [0.05, 0.1) is 0 Å². The predicted octanol–water partition coefficient (Wildman–Crippen LogP) is 0.662. The van der Waals surface area contributed by atoms with Crippen LogP contribution in [0.2, 0.25) is 0 Å². The van der Waals surface area contributed by atoms with Crippen molar-refractivity contribution in [1.29, 1.82) is 0 Å². The number of carbonyl (C=O) groups excluding carboxylic acids is 1. The summed E-state index contributed by atoms with van der Waals surface area (Å²) in [5.74, 6) is -0.502. The van der Waals surface area contributed by atoms with Crippen LogP contribution in [0, 0.1) is 0 Å². The summed E-state index contributed by atoms with van der Waals surface area (Å²) in [6, 6.07) is 1.66. The van der Waals surface area contributed by atoms with Crippen LogP contribution in [-0.2, 0) is 0 Å². The molecule has 2 heterocycles. The van der Waals surface area contributed by atoms with Crippen molar-refractivity contribution in [3.63, 3.8) is 0 Å². The van der Waals surface area contributed by atoms with Crippen molar-refractivity contribution in [2.24, 2.45) is 5.73 Å². The number of rotatable bonds is 1. The molecule has 0 aliphatic rings. The highest BCUT2D eigenvalue weighted by atomic mass is 16.1. The van der Waals surface area contributed by atoms with Crippen LogP contribution < -0.4 is 5.73 Å². The molecule has 0 saturated carbocycles. The SMILES string of the molecule is NC(=O)c1cc2c[nH]cc2cn1. The van der Waals surface area contributed by atoms with Crippen LogP contribution in [-0.4, -0.2) is 15.9 Å². The van der Waals surface area contributed by atoms with E-state index in [4.69, 9.17) is 5.73 Å². The first kappa shape index (κ1) is 6.84. The highest BCUT2D eigenvalue weighted by Crippen LogP contribution is 2.11. The van der Waals surface area contributed by atoms with Gasteiger partial charge in [-0.15, -0.1) is 0 Å². The van der Waals surface area contributed by atoms with E-state index < -0.39 is 5.91 Å². The van der Waals surface area contributed by atoms with E-state index in [2.05, 4.69) is 9.97 Å². The summed E-state index contributed by atoms with van der Waals surface area (Å²) in [5, 5.41) is 1.92. The zero-order valence-corrected chi connectivity index (χ0v) is 6.24. The summed E-state index contributed by atoms with van der Waals surface area (Å²) < 4.78 is 0. The Morgan fingerprint density at radius 2 is 2.17 bits per heavy atom. The second-order valence-electron chi connectivity index (χ2n) is 2.52. The second kappa shape index (κ2) is 2.34. The molecule has 0 aliphatic carbocycles. The topological polar surface area (TPSA) is 71.8 Å². The summed E-state index contributed by atoms with van der Waals surface area (Å²) in [7, 11) is 0. The van der Waals surface area contributed by atoms with Crippen LogP contribution >= 0.6 is 0 Å². The number of nitrogens with zero attached hydrogens (tertiary/aromatic N) is 1. The molecular weight excluding hydrogens is 154 g/mol. The zero-order chi connectivity index (χ0) is 8.55. The van der Waals surface area contributed by atoms with Gasteiger partial charge in [-0.1, -0.05) is 0 Å². The first-order chi connectivity index (χ1) is 5.77. The van der Waals surface area contributed by atoms with E-state index in [0.29, 0.717) is 5.69 Å². The standard InChI is InChI=1S/C8H7N3O/c9-8(12)7-1-5-2-10-3-6(5)4-11-7/h1-4,10H,(H2,9,12). The molecule has 0 saturated heterocycles. The second-order valence-corrected chi connectivity index (χ2v) is 2.52. The van der Waals surface area contributed by atoms with E-state index in [1.54, 1.807) is 18.5 Å². The van der Waals surface area contributed by atoms with E-state index in [1.165, 1.54) is 0 Å². The van der Waals surface area contributed by atoms with E-state index >= 15 is 0 Å². The van der Waals surface area contributed by atoms with Crippen molar-refractivity contribution >= 4 is 16.7 Å². The van der Waals surface area contributed by atoms with Crippen molar-refractivity contribution in [3.05, 3.63) is 30.4 Å². The Kier molecular flexibility index (Phi) is 1.33. The molecule has 0 unspecified atom stereocenters. The first-order valence-corrected chi connectivity index (χ1v) is 3.50. The van der Waals surface area contributed by atoms with Crippen LogP contribution in [0.4, 0.5) is 0 Å². The number of hydrogen-bond donors (Lipinski definition) is 2. The largest absolute Gasteiger partial charge is 0.366 e. The van der Waals surface area contributed by atoms with Crippen molar-refractivity contribution in [2.45, 2.75) is 0 Å². The number of aromatic amines is 1. The van der Waals surface area contributed by atoms with Crippen molar-refractivity contribution in [2.75, 3.05) is 0 Å². The Labute approximate surface area is 68.4 Å². The summed E-state index contributed by atoms with van der Waals surface area (Å²) in [4.78, 5) is 17.5. The van der Waals surface area contributed by atoms with Crippen LogP contribution in [0.15, 0.2) is 24.7 Å². The molecule has 2 aromatic rings. The molecule has 60 valence electrons. The van der Waals surface area contributed by atoms with Gasteiger partial charge in [0.2, 0.25) is 0 Å². The fraction of sp³-hybridized carbons (Fsp3) is 0. The Balaban J connectivity index is 2.68. The first-order valence-electron chi connectivity index (χ1n) is 3.50. The third-order valence-corrected chi connectivity index (χ3v) is 1.70. The monoisotopic (exact) mass is 161 g/mol. The van der Waals surface area contributed by atoms with Gasteiger partial charge in [-0.2, -0.15) is 0 Å². The molecule has 0 atom stereocenters. The number of hydrogen-bond acceptors (Lipinski definition) is 2. The van der Waals surface area contributed by atoms with Crippen LogP contribution in [0.25, 0.3) is 10.8 Å². The number of nitrogens with one attached hydrogen (secondary N) is 1. The number of H-pyrrole nitrogens is 1. The van der Waals surface area contributed by atoms with Gasteiger partial charge in [0, 0.05) is 29.4 Å². The van der Waals surface area contributed by atoms with Gasteiger partial charge in [0.15, 0.2) is 0 Å². The molecule has 0 aliphatic heterocycles. The third kappa shape index (κ3) is 0.934. The minimum atomic E-state index is -0.502. The highest BCUT2D eigenvalue weighted by molar-refractivity contribution is 5.95. The Morgan fingerprint density at radius 1 is 1.42 bits per heavy atom. The average Bonchev–Trinajstić information content (AvgIpc) is 2.49. The fourth-order valence-electron chi connectivity index (χ4n) is 1.08. The molecule has 2 aromatic heterocycles. The molecule has 0 aromatic carbocycles. The zero-order valence-electron chi connectivity index (χ0n) is 6.24. The quantitative estimate of drug-likeness (QED) is 0.644. The Bertz CT molecular complexity index is 433. The summed E-state index contributed by atoms with van der Waals surface area (Å²) in [6.45, 7) is 0. The minimum Gasteiger partial charge on any atom is -0.366 e. The van der Waals surface area contributed by atoms with Crippen molar-refractivity contribution < 1.29 is 4.79 Å². The number of nitrogens with two attached hydrogens (primary N) is 1. The Hall–Kier alpha value is -1.84. The lowest BCUT2D eigenvalue weighted by Gasteiger charge is -1.92. The number of fused-ring (bicyclic) bond motifs is 1. The molecular formula is C8H7N3O. The van der Waals surface area contributed by atoms with E-state index in [-0.39, 0.29) is 0 Å². The normalized spacial score (nSPS) is 10.3. The minimum absolute atomic E-state index is 0.294. The lowest BCUT2D eigenvalue weighted by molar-refractivity contribution is 0.0996. The summed E-state index contributed by atoms with van der Waals surface area (Å²) in [5.41, 5.74) is 5.36. The third-order valence-electron chi connectivity index (χ3n) is 1.70. The van der Waals surface area contributed by atoms with Crippen LogP contribution in [0.3, 0.4) is 0 Å². The number of aromatic nitrogens is 2. The van der Waals surface area contributed by atoms with Crippen molar-refractivity contribution in [3.8, 4) is 0 Å². The molecule has 1 amide bonds. The molecule has 0 fully saturated rings. The van der Waals surface area contributed by atoms with E-state index in [1.807, 2.05) is 6.20 Å². The van der Waals surface area contributed by atoms with Crippen LogP contribution in [0.5, 0.6) is 0 Å². The van der Waals surface area contributed by atoms with E-state index in [0.717, 1.165) is 10.8 Å². The van der Waals surface area contributed by atoms with Crippen LogP contribution in [0.1, 0.15) is 10.5 Å². The fourth-order valence-corrected chi connectivity index (χ4v) is 1.08. The molecule has 4 nitrogen and oxygen atoms in total. The maximum Gasteiger partial charge on any atom is 0.267 e. The maximum atomic E-state index is 10.7. The maximum absolute atomic E-state index is 10.7. The molecule has 4 heteroatoms. The molecule has 0 bridgehead atoms. The molecule has 2 rings (SSSR count). The van der Waals surface area contributed by atoms with Gasteiger partial charge >= 0.3 is 0 Å². The molecule has 0 spiro atoms. The average molecular weight is 161 g/mol. The summed E-state index contributed by atoms with van der Waals surface area (Å²) in [6.07, 6.45) is 5.22. The number of pyridine rings is 1. The van der Waals surface area contributed by atoms with Gasteiger partial charge < -0.3 is 10.7 Å². The Morgan fingerprint density at radius 3 is 2.92 bits per heavy atom. The van der Waals surface area contributed by atoms with Gasteiger partial charge in [-0.05, 0) is 6.07 Å². The lowest BCUT2D eigenvalue weighted by atomic mass is 10.2. The molecule has 3 N–H and O–H groups in total. The van der Waals surface area contributed by atoms with Crippen molar-refractivity contribution in [1.82, 2.24) is 9.97 Å². The van der Waals surface area contributed by atoms with Gasteiger partial charge in [-0.25, -0.2) is 0 Å². The number of primary amides is 1. The predicted molar refractivity (Wildman–Crippen MR) is 44.6 cm³/mol. The molecule has 0 radical (unpaired) electrons. The van der Waals surface area contributed by atoms with Gasteiger partial charge in [0.25, 0.3) is 5.91 Å². The lowest BCUT2D eigenvalue weighted by Crippen LogP contribution is -2.12. The number of amides is 1. The summed E-state index contributed by atoms with van der Waals surface area (Å²) >= 11 is 0. The van der Waals surface area contributed by atoms with Gasteiger partial charge in [-0.3, -0.25) is 9.78 Å². The van der Waals surface area contributed by atoms with Gasteiger partial charge in [0.1, 0.15) is 5.69 Å².